The Bertz CT molecular complexity index is 354. The highest BCUT2D eigenvalue weighted by molar-refractivity contribution is 6.18. The van der Waals surface area contributed by atoms with Crippen molar-refractivity contribution in [1.82, 2.24) is 4.90 Å². The van der Waals surface area contributed by atoms with Crippen molar-refractivity contribution in [2.75, 3.05) is 26.1 Å². The van der Waals surface area contributed by atoms with Gasteiger partial charge < -0.3 is 4.74 Å². The summed E-state index contributed by atoms with van der Waals surface area (Å²) in [4.78, 5) is 2.40. The van der Waals surface area contributed by atoms with Crippen molar-refractivity contribution in [3.8, 4) is 5.75 Å². The van der Waals surface area contributed by atoms with Crippen LogP contribution in [-0.2, 0) is 6.54 Å². The molecule has 102 valence electrons. The summed E-state index contributed by atoms with van der Waals surface area (Å²) in [6.07, 6.45) is 2.43. The van der Waals surface area contributed by atoms with Gasteiger partial charge in [0.2, 0.25) is 0 Å². The average molecular weight is 270 g/mol. The molecule has 0 atom stereocenters. The number of halogens is 1. The van der Waals surface area contributed by atoms with Crippen LogP contribution in [0.4, 0.5) is 0 Å². The van der Waals surface area contributed by atoms with E-state index in [4.69, 9.17) is 16.3 Å². The van der Waals surface area contributed by atoms with Crippen LogP contribution in [0.5, 0.6) is 5.75 Å². The first-order chi connectivity index (χ1) is 8.71. The molecule has 0 N–H and O–H groups in total. The van der Waals surface area contributed by atoms with E-state index in [1.54, 1.807) is 7.11 Å². The van der Waals surface area contributed by atoms with Gasteiger partial charge >= 0.3 is 0 Å². The number of unbranched alkanes of at least 4 members (excludes halogenated alkanes) is 1. The van der Waals surface area contributed by atoms with Crippen LogP contribution in [-0.4, -0.2) is 31.0 Å². The van der Waals surface area contributed by atoms with E-state index in [2.05, 4.69) is 30.9 Å². The summed E-state index contributed by atoms with van der Waals surface area (Å²) < 4.78 is 5.42. The second-order valence-electron chi connectivity index (χ2n) is 4.63. The molecule has 0 aliphatic rings. The summed E-state index contributed by atoms with van der Waals surface area (Å²) >= 11 is 5.87. The van der Waals surface area contributed by atoms with Gasteiger partial charge in [-0.15, -0.1) is 11.6 Å². The van der Waals surface area contributed by atoms with Crippen LogP contribution in [0.25, 0.3) is 0 Å². The predicted molar refractivity (Wildman–Crippen MR) is 78.6 cm³/mol. The second kappa shape index (κ2) is 8.39. The Morgan fingerprint density at radius 2 is 2.06 bits per heavy atom. The first-order valence-electron chi connectivity index (χ1n) is 6.63. The maximum atomic E-state index is 5.87. The fourth-order valence-corrected chi connectivity index (χ4v) is 2.28. The van der Waals surface area contributed by atoms with Crippen molar-refractivity contribution < 1.29 is 4.74 Å². The Morgan fingerprint density at radius 3 is 2.67 bits per heavy atom. The molecule has 0 aromatic heterocycles. The molecular weight excluding hydrogens is 246 g/mol. The van der Waals surface area contributed by atoms with Crippen molar-refractivity contribution in [3.05, 3.63) is 29.3 Å². The van der Waals surface area contributed by atoms with Gasteiger partial charge in [0, 0.05) is 24.5 Å². The van der Waals surface area contributed by atoms with E-state index in [0.29, 0.717) is 5.88 Å². The molecule has 0 saturated heterocycles. The van der Waals surface area contributed by atoms with Crippen molar-refractivity contribution in [2.24, 2.45) is 0 Å². The number of methoxy groups -OCH3 is 1. The molecule has 0 saturated carbocycles. The normalized spacial score (nSPS) is 10.9. The molecule has 2 nitrogen and oxygen atoms in total. The molecule has 1 aromatic carbocycles. The predicted octanol–water partition coefficient (Wildman–Crippen LogP) is 3.84. The zero-order valence-electron chi connectivity index (χ0n) is 11.7. The van der Waals surface area contributed by atoms with E-state index in [-0.39, 0.29) is 0 Å². The lowest BCUT2D eigenvalue weighted by Crippen LogP contribution is -2.26. The fourth-order valence-electron chi connectivity index (χ4n) is 2.04. The van der Waals surface area contributed by atoms with Gasteiger partial charge in [-0.2, -0.15) is 0 Å². The Kier molecular flexibility index (Phi) is 7.14. The zero-order valence-corrected chi connectivity index (χ0v) is 12.5. The first-order valence-corrected chi connectivity index (χ1v) is 7.16. The molecule has 0 amide bonds. The van der Waals surface area contributed by atoms with Gasteiger partial charge in [0.1, 0.15) is 5.75 Å². The minimum Gasteiger partial charge on any atom is -0.496 e. The summed E-state index contributed by atoms with van der Waals surface area (Å²) in [6, 6.07) is 6.33. The minimum absolute atomic E-state index is 0.678. The number of rotatable bonds is 8. The van der Waals surface area contributed by atoms with E-state index in [1.165, 1.54) is 24.0 Å². The van der Waals surface area contributed by atoms with Gasteiger partial charge in [-0.25, -0.2) is 0 Å². The van der Waals surface area contributed by atoms with Gasteiger partial charge in [0.15, 0.2) is 0 Å². The van der Waals surface area contributed by atoms with E-state index in [0.717, 1.165) is 25.4 Å². The number of hydrogen-bond donors (Lipinski definition) is 0. The zero-order chi connectivity index (χ0) is 13.4. The minimum atomic E-state index is 0.678. The second-order valence-corrected chi connectivity index (χ2v) is 5.01. The molecule has 1 rings (SSSR count). The molecule has 0 aliphatic heterocycles. The van der Waals surface area contributed by atoms with E-state index in [1.807, 2.05) is 6.07 Å². The van der Waals surface area contributed by atoms with Crippen LogP contribution in [0.3, 0.4) is 0 Å². The monoisotopic (exact) mass is 269 g/mol. The quantitative estimate of drug-likeness (QED) is 0.665. The topological polar surface area (TPSA) is 12.5 Å². The number of aryl methyl sites for hydroxylation is 1. The molecule has 18 heavy (non-hydrogen) atoms. The Balaban J connectivity index is 2.74. The third-order valence-electron chi connectivity index (χ3n) is 3.06. The molecule has 0 radical (unpaired) electrons. The third-order valence-corrected chi connectivity index (χ3v) is 3.23. The number of benzene rings is 1. The summed E-state index contributed by atoms with van der Waals surface area (Å²) in [5, 5.41) is 0. The number of nitrogens with zero attached hydrogens (tertiary/aromatic N) is 1. The molecular formula is C15H24ClNO. The lowest BCUT2D eigenvalue weighted by Gasteiger charge is -2.22. The summed E-state index contributed by atoms with van der Waals surface area (Å²) in [5.74, 6) is 1.65. The van der Waals surface area contributed by atoms with E-state index >= 15 is 0 Å². The van der Waals surface area contributed by atoms with Gasteiger partial charge in [-0.05, 0) is 26.0 Å². The molecule has 0 aliphatic carbocycles. The van der Waals surface area contributed by atoms with Gasteiger partial charge in [0.05, 0.1) is 7.11 Å². The van der Waals surface area contributed by atoms with Crippen LogP contribution >= 0.6 is 11.6 Å². The van der Waals surface area contributed by atoms with Crippen molar-refractivity contribution in [1.29, 1.82) is 0 Å². The van der Waals surface area contributed by atoms with Crippen molar-refractivity contribution >= 4 is 11.6 Å². The molecule has 1 aromatic rings. The number of hydrogen-bond acceptors (Lipinski definition) is 2. The molecule has 3 heteroatoms. The van der Waals surface area contributed by atoms with Crippen LogP contribution in [0.15, 0.2) is 18.2 Å². The van der Waals surface area contributed by atoms with Crippen LogP contribution in [0.1, 0.15) is 30.9 Å². The van der Waals surface area contributed by atoms with Crippen LogP contribution < -0.4 is 4.74 Å². The molecule has 0 bridgehead atoms. The standard InChI is InChI=1S/C15H24ClNO/c1-4-5-9-17(10-8-16)12-14-11-13(2)6-7-15(14)18-3/h6-7,11H,4-5,8-10,12H2,1-3H3. The summed E-state index contributed by atoms with van der Waals surface area (Å²) in [5.41, 5.74) is 2.52. The summed E-state index contributed by atoms with van der Waals surface area (Å²) in [7, 11) is 1.73. The van der Waals surface area contributed by atoms with Gasteiger partial charge in [-0.1, -0.05) is 31.0 Å². The number of alkyl halides is 1. The van der Waals surface area contributed by atoms with Gasteiger partial charge in [0.25, 0.3) is 0 Å². The SMILES string of the molecule is CCCCN(CCCl)Cc1cc(C)ccc1OC. The van der Waals surface area contributed by atoms with Crippen LogP contribution in [0.2, 0.25) is 0 Å². The molecule has 0 unspecified atom stereocenters. The highest BCUT2D eigenvalue weighted by Gasteiger charge is 2.09. The Hall–Kier alpha value is -0.730. The average Bonchev–Trinajstić information content (AvgIpc) is 2.36. The maximum Gasteiger partial charge on any atom is 0.123 e. The van der Waals surface area contributed by atoms with Crippen molar-refractivity contribution in [2.45, 2.75) is 33.2 Å². The molecule has 0 fully saturated rings. The lowest BCUT2D eigenvalue weighted by atomic mass is 10.1. The van der Waals surface area contributed by atoms with E-state index in [9.17, 15) is 0 Å². The smallest absolute Gasteiger partial charge is 0.123 e. The highest BCUT2D eigenvalue weighted by atomic mass is 35.5. The molecule has 0 heterocycles. The first kappa shape index (κ1) is 15.3. The van der Waals surface area contributed by atoms with Gasteiger partial charge in [-0.3, -0.25) is 4.90 Å². The summed E-state index contributed by atoms with van der Waals surface area (Å²) in [6.45, 7) is 7.27. The number of ether oxygens (including phenoxy) is 1. The van der Waals surface area contributed by atoms with Crippen LogP contribution in [0, 0.1) is 6.92 Å². The largest absolute Gasteiger partial charge is 0.496 e. The lowest BCUT2D eigenvalue weighted by molar-refractivity contribution is 0.272. The fraction of sp³-hybridized carbons (Fsp3) is 0.600. The third kappa shape index (κ3) is 4.87. The maximum absolute atomic E-state index is 5.87. The Morgan fingerprint density at radius 1 is 1.28 bits per heavy atom. The van der Waals surface area contributed by atoms with E-state index < -0.39 is 0 Å². The highest BCUT2D eigenvalue weighted by Crippen LogP contribution is 2.21. The molecule has 0 spiro atoms. The van der Waals surface area contributed by atoms with Crippen molar-refractivity contribution in [3.63, 3.8) is 0 Å². The Labute approximate surface area is 116 Å².